The summed E-state index contributed by atoms with van der Waals surface area (Å²) in [6, 6.07) is 30.3. The molecule has 0 atom stereocenters. The minimum absolute atomic E-state index is 0.707. The first kappa shape index (κ1) is 19.2. The van der Waals surface area contributed by atoms with Crippen molar-refractivity contribution in [3.05, 3.63) is 115 Å². The van der Waals surface area contributed by atoms with Crippen LogP contribution in [0.3, 0.4) is 0 Å². The maximum Gasteiger partial charge on any atom is 0.127 e. The van der Waals surface area contributed by atoms with Gasteiger partial charge < -0.3 is 20.9 Å². The molecule has 0 aliphatic carbocycles. The van der Waals surface area contributed by atoms with E-state index in [4.69, 9.17) is 20.9 Å². The average Bonchev–Trinajstić information content (AvgIpc) is 2.77. The standard InChI is InChI=1S/C26H22N2O2/c1-18(19-2-10-23(11-3-19)29-25-14-6-21(27)7-15-25)20-4-12-24(13-5-20)30-26-16-8-22(28)9-17-26/h2-17H,1,27-28H2. The van der Waals surface area contributed by atoms with Crippen molar-refractivity contribution in [3.8, 4) is 23.0 Å². The summed E-state index contributed by atoms with van der Waals surface area (Å²) in [5.74, 6) is 2.99. The fraction of sp³-hybridized carbons (Fsp3) is 0. The minimum Gasteiger partial charge on any atom is -0.457 e. The van der Waals surface area contributed by atoms with Gasteiger partial charge in [0.15, 0.2) is 0 Å². The van der Waals surface area contributed by atoms with Crippen LogP contribution in [-0.4, -0.2) is 0 Å². The van der Waals surface area contributed by atoms with E-state index >= 15 is 0 Å². The molecule has 4 heteroatoms. The summed E-state index contributed by atoms with van der Waals surface area (Å²) in [5.41, 5.74) is 15.8. The zero-order valence-corrected chi connectivity index (χ0v) is 16.4. The Morgan fingerprint density at radius 3 is 1.03 bits per heavy atom. The number of hydrogen-bond donors (Lipinski definition) is 2. The van der Waals surface area contributed by atoms with E-state index in [1.54, 1.807) is 0 Å². The molecule has 148 valence electrons. The van der Waals surface area contributed by atoms with Crippen LogP contribution in [0.4, 0.5) is 11.4 Å². The number of hydrogen-bond acceptors (Lipinski definition) is 4. The molecule has 4 rings (SSSR count). The van der Waals surface area contributed by atoms with Gasteiger partial charge in [-0.2, -0.15) is 0 Å². The smallest absolute Gasteiger partial charge is 0.127 e. The zero-order valence-electron chi connectivity index (χ0n) is 16.4. The Morgan fingerprint density at radius 1 is 0.467 bits per heavy atom. The van der Waals surface area contributed by atoms with Gasteiger partial charge in [0.05, 0.1) is 0 Å². The lowest BCUT2D eigenvalue weighted by Gasteiger charge is -2.10. The van der Waals surface area contributed by atoms with Crippen molar-refractivity contribution >= 4 is 16.9 Å². The highest BCUT2D eigenvalue weighted by molar-refractivity contribution is 5.78. The summed E-state index contributed by atoms with van der Waals surface area (Å²) in [7, 11) is 0. The van der Waals surface area contributed by atoms with E-state index < -0.39 is 0 Å². The highest BCUT2D eigenvalue weighted by Crippen LogP contribution is 2.29. The van der Waals surface area contributed by atoms with Crippen molar-refractivity contribution in [2.24, 2.45) is 0 Å². The third kappa shape index (κ3) is 4.62. The number of rotatable bonds is 6. The van der Waals surface area contributed by atoms with Crippen LogP contribution >= 0.6 is 0 Å². The Bertz CT molecular complexity index is 1040. The molecular formula is C26H22N2O2. The van der Waals surface area contributed by atoms with Crippen LogP contribution in [0.1, 0.15) is 11.1 Å². The molecule has 4 N–H and O–H groups in total. The molecule has 4 aromatic carbocycles. The second-order valence-electron chi connectivity index (χ2n) is 6.87. The third-order valence-corrected chi connectivity index (χ3v) is 4.64. The lowest BCUT2D eigenvalue weighted by atomic mass is 9.99. The normalized spacial score (nSPS) is 10.4. The van der Waals surface area contributed by atoms with Gasteiger partial charge in [0.2, 0.25) is 0 Å². The van der Waals surface area contributed by atoms with Crippen molar-refractivity contribution in [2.45, 2.75) is 0 Å². The van der Waals surface area contributed by atoms with Gasteiger partial charge in [-0.15, -0.1) is 0 Å². The van der Waals surface area contributed by atoms with Crippen molar-refractivity contribution in [1.29, 1.82) is 0 Å². The fourth-order valence-corrected chi connectivity index (χ4v) is 2.96. The number of nitrogen functional groups attached to an aromatic ring is 2. The number of anilines is 2. The van der Waals surface area contributed by atoms with Gasteiger partial charge in [-0.05, 0) is 89.5 Å². The summed E-state index contributed by atoms with van der Waals surface area (Å²) in [6.07, 6.45) is 0. The topological polar surface area (TPSA) is 70.5 Å². The Morgan fingerprint density at radius 2 is 0.733 bits per heavy atom. The van der Waals surface area contributed by atoms with Gasteiger partial charge in [0, 0.05) is 11.4 Å². The van der Waals surface area contributed by atoms with Gasteiger partial charge in [0.25, 0.3) is 0 Å². The first-order chi connectivity index (χ1) is 14.6. The number of benzene rings is 4. The molecule has 0 spiro atoms. The molecule has 0 bridgehead atoms. The number of ether oxygens (including phenoxy) is 2. The molecule has 0 fully saturated rings. The van der Waals surface area contributed by atoms with Crippen molar-refractivity contribution < 1.29 is 9.47 Å². The van der Waals surface area contributed by atoms with Crippen LogP contribution < -0.4 is 20.9 Å². The molecule has 0 aromatic heterocycles. The molecule has 0 aliphatic heterocycles. The van der Waals surface area contributed by atoms with Crippen LogP contribution in [-0.2, 0) is 0 Å². The summed E-state index contributed by atoms with van der Waals surface area (Å²) >= 11 is 0. The predicted octanol–water partition coefficient (Wildman–Crippen LogP) is 6.50. The van der Waals surface area contributed by atoms with E-state index in [1.165, 1.54) is 0 Å². The Kier molecular flexibility index (Phi) is 5.39. The average molecular weight is 394 g/mol. The predicted molar refractivity (Wildman–Crippen MR) is 123 cm³/mol. The van der Waals surface area contributed by atoms with Crippen LogP contribution in [0.2, 0.25) is 0 Å². The Balaban J connectivity index is 1.42. The van der Waals surface area contributed by atoms with E-state index in [0.29, 0.717) is 11.4 Å². The van der Waals surface area contributed by atoms with Crippen LogP contribution in [0.5, 0.6) is 23.0 Å². The Labute approximate surface area is 176 Å². The molecule has 0 amide bonds. The van der Waals surface area contributed by atoms with Crippen LogP contribution in [0, 0.1) is 0 Å². The highest BCUT2D eigenvalue weighted by Gasteiger charge is 2.05. The molecule has 0 saturated heterocycles. The molecule has 4 aromatic rings. The summed E-state index contributed by atoms with van der Waals surface area (Å²) < 4.78 is 11.7. The lowest BCUT2D eigenvalue weighted by molar-refractivity contribution is 0.482. The lowest BCUT2D eigenvalue weighted by Crippen LogP contribution is -1.90. The molecule has 0 saturated carbocycles. The van der Waals surface area contributed by atoms with Gasteiger partial charge in [-0.3, -0.25) is 0 Å². The van der Waals surface area contributed by atoms with Crippen molar-refractivity contribution in [1.82, 2.24) is 0 Å². The summed E-state index contributed by atoms with van der Waals surface area (Å²) in [4.78, 5) is 0. The van der Waals surface area contributed by atoms with E-state index in [1.807, 2.05) is 97.1 Å². The van der Waals surface area contributed by atoms with Crippen molar-refractivity contribution in [3.63, 3.8) is 0 Å². The van der Waals surface area contributed by atoms with Crippen LogP contribution in [0.25, 0.3) is 5.57 Å². The highest BCUT2D eigenvalue weighted by atomic mass is 16.5. The maximum atomic E-state index is 5.84. The molecule has 0 aliphatic rings. The monoisotopic (exact) mass is 394 g/mol. The van der Waals surface area contributed by atoms with E-state index in [-0.39, 0.29) is 0 Å². The second kappa shape index (κ2) is 8.45. The summed E-state index contributed by atoms with van der Waals surface area (Å²) in [5, 5.41) is 0. The molecule has 30 heavy (non-hydrogen) atoms. The Hall–Kier alpha value is -4.18. The van der Waals surface area contributed by atoms with Crippen LogP contribution in [0.15, 0.2) is 104 Å². The van der Waals surface area contributed by atoms with Gasteiger partial charge in [0.1, 0.15) is 23.0 Å². The molecule has 0 radical (unpaired) electrons. The quantitative estimate of drug-likeness (QED) is 0.366. The third-order valence-electron chi connectivity index (χ3n) is 4.64. The molecule has 0 unspecified atom stereocenters. The largest absolute Gasteiger partial charge is 0.457 e. The summed E-state index contributed by atoms with van der Waals surface area (Å²) in [6.45, 7) is 4.23. The molecule has 4 nitrogen and oxygen atoms in total. The van der Waals surface area contributed by atoms with Gasteiger partial charge in [-0.25, -0.2) is 0 Å². The van der Waals surface area contributed by atoms with E-state index in [2.05, 4.69) is 6.58 Å². The van der Waals surface area contributed by atoms with Gasteiger partial charge >= 0.3 is 0 Å². The van der Waals surface area contributed by atoms with Crippen molar-refractivity contribution in [2.75, 3.05) is 11.5 Å². The molecule has 0 heterocycles. The van der Waals surface area contributed by atoms with E-state index in [9.17, 15) is 0 Å². The zero-order chi connectivity index (χ0) is 20.9. The maximum absolute atomic E-state index is 5.84. The first-order valence-corrected chi connectivity index (χ1v) is 9.53. The second-order valence-corrected chi connectivity index (χ2v) is 6.87. The van der Waals surface area contributed by atoms with E-state index in [0.717, 1.165) is 39.7 Å². The fourth-order valence-electron chi connectivity index (χ4n) is 2.96. The SMILES string of the molecule is C=C(c1ccc(Oc2ccc(N)cc2)cc1)c1ccc(Oc2ccc(N)cc2)cc1. The molecular weight excluding hydrogens is 372 g/mol. The number of nitrogens with two attached hydrogens (primary N) is 2. The first-order valence-electron chi connectivity index (χ1n) is 9.53. The minimum atomic E-state index is 0.707. The van der Waals surface area contributed by atoms with Gasteiger partial charge in [-0.1, -0.05) is 30.8 Å².